The highest BCUT2D eigenvalue weighted by molar-refractivity contribution is 7.92. The molecule has 0 radical (unpaired) electrons. The summed E-state index contributed by atoms with van der Waals surface area (Å²) in [6.07, 6.45) is 0.722. The molecule has 0 aromatic heterocycles. The molecule has 2 N–H and O–H groups in total. The molecule has 1 aromatic rings. The van der Waals surface area contributed by atoms with Crippen LogP contribution in [0.1, 0.15) is 18.9 Å². The molecule has 1 rings (SSSR count). The molecule has 6 nitrogen and oxygen atoms in total. The molecule has 0 heterocycles. The van der Waals surface area contributed by atoms with Gasteiger partial charge in [-0.2, -0.15) is 0 Å². The highest BCUT2D eigenvalue weighted by atomic mass is 32.2. The average Bonchev–Trinajstić information content (AvgIpc) is 2.43. The van der Waals surface area contributed by atoms with Gasteiger partial charge in [0.2, 0.25) is 5.91 Å². The molecular weight excluding hydrogens is 306 g/mol. The van der Waals surface area contributed by atoms with Gasteiger partial charge < -0.3 is 10.4 Å². The van der Waals surface area contributed by atoms with Crippen LogP contribution in [0.3, 0.4) is 0 Å². The number of rotatable bonds is 9. The Bertz CT molecular complexity index is 598. The zero-order valence-corrected chi connectivity index (χ0v) is 13.3. The largest absolute Gasteiger partial charge is 0.481 e. The Kier molecular flexibility index (Phi) is 7.04. The third-order valence-corrected chi connectivity index (χ3v) is 4.82. The predicted octanol–water partition coefficient (Wildman–Crippen LogP) is 0.871. The predicted molar refractivity (Wildman–Crippen MR) is 83.2 cm³/mol. The fourth-order valence-electron chi connectivity index (χ4n) is 2.02. The van der Waals surface area contributed by atoms with Gasteiger partial charge in [0.05, 0.1) is 11.7 Å². The summed E-state index contributed by atoms with van der Waals surface area (Å²) >= 11 is 0. The Morgan fingerprint density at radius 1 is 1.23 bits per heavy atom. The van der Waals surface area contributed by atoms with Crippen LogP contribution >= 0.6 is 0 Å². The fourth-order valence-corrected chi connectivity index (χ4v) is 3.28. The van der Waals surface area contributed by atoms with Crippen LogP contribution in [0.25, 0.3) is 0 Å². The van der Waals surface area contributed by atoms with Crippen LogP contribution < -0.4 is 5.32 Å². The molecule has 7 heteroatoms. The fraction of sp³-hybridized carbons (Fsp3) is 0.467. The van der Waals surface area contributed by atoms with Crippen LogP contribution in [0.2, 0.25) is 0 Å². The average molecular weight is 327 g/mol. The molecule has 1 unspecified atom stereocenters. The van der Waals surface area contributed by atoms with E-state index in [-0.39, 0.29) is 18.7 Å². The molecule has 22 heavy (non-hydrogen) atoms. The van der Waals surface area contributed by atoms with Crippen molar-refractivity contribution in [2.45, 2.75) is 19.8 Å². The van der Waals surface area contributed by atoms with Crippen LogP contribution in [0.4, 0.5) is 0 Å². The topological polar surface area (TPSA) is 101 Å². The Balaban J connectivity index is 2.55. The molecule has 0 aliphatic carbocycles. The number of aliphatic carboxylic acids is 1. The van der Waals surface area contributed by atoms with E-state index in [1.165, 1.54) is 0 Å². The number of carbonyl (C=O) groups excluding carboxylic acids is 1. The molecule has 0 bridgehead atoms. The lowest BCUT2D eigenvalue weighted by Gasteiger charge is -2.13. The first-order valence-electron chi connectivity index (χ1n) is 7.08. The Morgan fingerprint density at radius 3 is 2.41 bits per heavy atom. The molecule has 0 saturated heterocycles. The molecule has 0 aliphatic heterocycles. The monoisotopic (exact) mass is 327 g/mol. The van der Waals surface area contributed by atoms with E-state index in [0.29, 0.717) is 6.42 Å². The van der Waals surface area contributed by atoms with Crippen LogP contribution in [0.15, 0.2) is 30.3 Å². The quantitative estimate of drug-likeness (QED) is 0.701. The first kappa shape index (κ1) is 18.2. The third kappa shape index (κ3) is 6.71. The molecule has 1 amide bonds. The van der Waals surface area contributed by atoms with Crippen molar-refractivity contribution in [1.29, 1.82) is 0 Å². The number of nitrogens with one attached hydrogen (secondary N) is 1. The second kappa shape index (κ2) is 8.53. The summed E-state index contributed by atoms with van der Waals surface area (Å²) in [5, 5.41) is 11.6. The second-order valence-corrected chi connectivity index (χ2v) is 7.31. The maximum Gasteiger partial charge on any atom is 0.308 e. The zero-order valence-electron chi connectivity index (χ0n) is 12.5. The molecule has 0 fully saturated rings. The van der Waals surface area contributed by atoms with Gasteiger partial charge in [0, 0.05) is 6.54 Å². The number of amides is 1. The van der Waals surface area contributed by atoms with E-state index in [1.807, 2.05) is 30.3 Å². The highest BCUT2D eigenvalue weighted by Gasteiger charge is 2.21. The summed E-state index contributed by atoms with van der Waals surface area (Å²) in [6, 6.07) is 9.07. The van der Waals surface area contributed by atoms with Crippen molar-refractivity contribution in [1.82, 2.24) is 5.32 Å². The Hall–Kier alpha value is -1.89. The minimum Gasteiger partial charge on any atom is -0.481 e. The second-order valence-electron chi connectivity index (χ2n) is 5.12. The van der Waals surface area contributed by atoms with Crippen molar-refractivity contribution < 1.29 is 23.1 Å². The number of sulfone groups is 1. The van der Waals surface area contributed by atoms with Crippen molar-refractivity contribution >= 4 is 21.7 Å². The molecule has 1 atom stereocenters. The lowest BCUT2D eigenvalue weighted by Crippen LogP contribution is -2.37. The smallest absolute Gasteiger partial charge is 0.308 e. The molecule has 0 saturated carbocycles. The molecular formula is C15H21NO5S. The van der Waals surface area contributed by atoms with Gasteiger partial charge in [-0.05, 0) is 18.4 Å². The van der Waals surface area contributed by atoms with Crippen molar-refractivity contribution in [2.75, 3.05) is 18.1 Å². The summed E-state index contributed by atoms with van der Waals surface area (Å²) < 4.78 is 23.1. The first-order valence-corrected chi connectivity index (χ1v) is 8.90. The van der Waals surface area contributed by atoms with Gasteiger partial charge in [-0.3, -0.25) is 9.59 Å². The van der Waals surface area contributed by atoms with Crippen molar-refractivity contribution in [3.05, 3.63) is 35.9 Å². The number of benzene rings is 1. The standard InChI is InChI=1S/C15H21NO5S/c1-2-8-22(20,21)11-14(17)16-10-13(15(18)19)9-12-6-4-3-5-7-12/h3-7,13H,2,8-11H2,1H3,(H,16,17)(H,18,19). The van der Waals surface area contributed by atoms with Gasteiger partial charge in [0.15, 0.2) is 9.84 Å². The van der Waals surface area contributed by atoms with Crippen molar-refractivity contribution in [3.8, 4) is 0 Å². The van der Waals surface area contributed by atoms with Crippen LogP contribution in [0.5, 0.6) is 0 Å². The lowest BCUT2D eigenvalue weighted by atomic mass is 9.99. The van der Waals surface area contributed by atoms with E-state index in [1.54, 1.807) is 6.92 Å². The molecule has 122 valence electrons. The zero-order chi connectivity index (χ0) is 16.6. The number of hydrogen-bond acceptors (Lipinski definition) is 4. The van der Waals surface area contributed by atoms with E-state index in [0.717, 1.165) is 5.56 Å². The van der Waals surface area contributed by atoms with Gasteiger partial charge in [-0.1, -0.05) is 37.3 Å². The van der Waals surface area contributed by atoms with Crippen LogP contribution in [-0.2, 0) is 25.8 Å². The van der Waals surface area contributed by atoms with Gasteiger partial charge in [-0.15, -0.1) is 0 Å². The summed E-state index contributed by atoms with van der Waals surface area (Å²) in [6.45, 7) is 1.63. The van der Waals surface area contributed by atoms with Crippen molar-refractivity contribution in [3.63, 3.8) is 0 Å². The molecule has 1 aromatic carbocycles. The minimum absolute atomic E-state index is 0.0488. The number of carbonyl (C=O) groups is 2. The Labute approximate surface area is 130 Å². The van der Waals surface area contributed by atoms with Gasteiger partial charge in [0.25, 0.3) is 0 Å². The van der Waals surface area contributed by atoms with Crippen molar-refractivity contribution in [2.24, 2.45) is 5.92 Å². The van der Waals surface area contributed by atoms with Crippen LogP contribution in [-0.4, -0.2) is 43.5 Å². The third-order valence-electron chi connectivity index (χ3n) is 3.09. The number of carboxylic acids is 1. The molecule has 0 aliphatic rings. The maximum absolute atomic E-state index is 11.6. The minimum atomic E-state index is -3.42. The summed E-state index contributed by atoms with van der Waals surface area (Å²) in [7, 11) is -3.42. The van der Waals surface area contributed by atoms with E-state index in [2.05, 4.69) is 5.32 Å². The normalized spacial score (nSPS) is 12.6. The number of carboxylic acid groups (broad SMARTS) is 1. The van der Waals surface area contributed by atoms with E-state index in [4.69, 9.17) is 0 Å². The SMILES string of the molecule is CCCS(=O)(=O)CC(=O)NCC(Cc1ccccc1)C(=O)O. The van der Waals surface area contributed by atoms with Crippen LogP contribution in [0, 0.1) is 5.92 Å². The summed E-state index contributed by atoms with van der Waals surface area (Å²) in [5.74, 6) is -3.13. The van der Waals surface area contributed by atoms with Gasteiger partial charge in [-0.25, -0.2) is 8.42 Å². The van der Waals surface area contributed by atoms with E-state index in [9.17, 15) is 23.1 Å². The molecule has 0 spiro atoms. The Morgan fingerprint density at radius 2 is 1.86 bits per heavy atom. The summed E-state index contributed by atoms with van der Waals surface area (Å²) in [4.78, 5) is 22.9. The first-order chi connectivity index (χ1) is 10.3. The van der Waals surface area contributed by atoms with Gasteiger partial charge in [0.1, 0.15) is 5.75 Å². The lowest BCUT2D eigenvalue weighted by molar-refractivity contribution is -0.141. The van der Waals surface area contributed by atoms with E-state index >= 15 is 0 Å². The van der Waals surface area contributed by atoms with Gasteiger partial charge >= 0.3 is 5.97 Å². The number of hydrogen-bond donors (Lipinski definition) is 2. The van der Waals surface area contributed by atoms with E-state index < -0.39 is 33.4 Å². The maximum atomic E-state index is 11.6. The summed E-state index contributed by atoms with van der Waals surface area (Å²) in [5.41, 5.74) is 0.850. The highest BCUT2D eigenvalue weighted by Crippen LogP contribution is 2.08.